The molecule has 276 valence electrons. The molecule has 0 aliphatic rings. The molecule has 0 bridgehead atoms. The van der Waals surface area contributed by atoms with Gasteiger partial charge in [-0.2, -0.15) is 0 Å². The Morgan fingerprint density at radius 3 is 1.15 bits per heavy atom. The van der Waals surface area contributed by atoms with Gasteiger partial charge in [0.05, 0.1) is 18.2 Å². The topological polar surface area (TPSA) is 137 Å². The summed E-state index contributed by atoms with van der Waals surface area (Å²) >= 11 is 0. The molecule has 10 heteroatoms. The first-order chi connectivity index (χ1) is 26.5. The van der Waals surface area contributed by atoms with Gasteiger partial charge in [0.1, 0.15) is 17.2 Å². The maximum Gasteiger partial charge on any atom is 0.343 e. The number of methoxy groups -OCH3 is 1. The quantitative estimate of drug-likeness (QED) is 0.0758. The van der Waals surface area contributed by atoms with Crippen molar-refractivity contribution in [3.05, 3.63) is 173 Å². The second-order valence-electron chi connectivity index (χ2n) is 12.1. The standard InChI is InChI=1S/C29H22O6.C16H16N2O2/c1-19(30)20-3-5-23(6-4-20)28(31)34-26-15-7-21(8-16-26)22-9-17-27(18-10-22)35-29(32)24-11-13-25(33-2)14-12-24;1-11(19)12-3-5-13(6-4-12)16(20)18-15-9-7-14(17-2)8-10-15/h3-18H,1-2H3;3-10,17H,1-2H3,(H,18,20). The summed E-state index contributed by atoms with van der Waals surface area (Å²) in [4.78, 5) is 59.3. The predicted molar refractivity (Wildman–Crippen MR) is 212 cm³/mol. The molecule has 2 N–H and O–H groups in total. The van der Waals surface area contributed by atoms with Crippen molar-refractivity contribution < 1.29 is 38.2 Å². The minimum Gasteiger partial charge on any atom is -0.497 e. The fourth-order valence-electron chi connectivity index (χ4n) is 5.11. The summed E-state index contributed by atoms with van der Waals surface area (Å²) < 4.78 is 15.9. The molecule has 0 radical (unpaired) electrons. The van der Waals surface area contributed by atoms with E-state index in [1.54, 1.807) is 104 Å². The Balaban J connectivity index is 0.000000246. The van der Waals surface area contributed by atoms with Gasteiger partial charge in [-0.15, -0.1) is 0 Å². The third-order valence-corrected chi connectivity index (χ3v) is 8.30. The Bertz CT molecular complexity index is 2260. The summed E-state index contributed by atoms with van der Waals surface area (Å²) in [7, 11) is 3.40. The van der Waals surface area contributed by atoms with E-state index in [-0.39, 0.29) is 17.5 Å². The van der Waals surface area contributed by atoms with Gasteiger partial charge in [0, 0.05) is 35.1 Å². The number of amides is 1. The van der Waals surface area contributed by atoms with Gasteiger partial charge in [-0.1, -0.05) is 48.5 Å². The summed E-state index contributed by atoms with van der Waals surface area (Å²) in [5, 5.41) is 5.82. The van der Waals surface area contributed by atoms with Crippen LogP contribution in [0.25, 0.3) is 11.1 Å². The van der Waals surface area contributed by atoms with Crippen LogP contribution >= 0.6 is 0 Å². The van der Waals surface area contributed by atoms with Gasteiger partial charge in [0.2, 0.25) is 0 Å². The van der Waals surface area contributed by atoms with E-state index in [1.807, 2.05) is 55.6 Å². The number of ketones is 2. The molecule has 1 amide bonds. The van der Waals surface area contributed by atoms with Gasteiger partial charge in [-0.25, -0.2) is 9.59 Å². The van der Waals surface area contributed by atoms with Crippen LogP contribution in [0.4, 0.5) is 11.4 Å². The number of rotatable bonds is 11. The van der Waals surface area contributed by atoms with Gasteiger partial charge >= 0.3 is 11.9 Å². The summed E-state index contributed by atoms with van der Waals surface area (Å²) in [6, 6.07) is 41.2. The predicted octanol–water partition coefficient (Wildman–Crippen LogP) is 9.19. The van der Waals surface area contributed by atoms with Gasteiger partial charge in [-0.05, 0) is 122 Å². The number of carbonyl (C=O) groups is 5. The average molecular weight is 735 g/mol. The number of esters is 2. The van der Waals surface area contributed by atoms with Gasteiger partial charge < -0.3 is 24.8 Å². The molecule has 0 heterocycles. The lowest BCUT2D eigenvalue weighted by atomic mass is 10.1. The Morgan fingerprint density at radius 2 is 0.764 bits per heavy atom. The molecular weight excluding hydrogens is 697 g/mol. The fraction of sp³-hybridized carbons (Fsp3) is 0.0889. The van der Waals surface area contributed by atoms with Crippen molar-refractivity contribution in [1.82, 2.24) is 0 Å². The Morgan fingerprint density at radius 1 is 0.418 bits per heavy atom. The minimum atomic E-state index is -0.504. The Kier molecular flexibility index (Phi) is 13.0. The van der Waals surface area contributed by atoms with Crippen molar-refractivity contribution in [2.24, 2.45) is 0 Å². The van der Waals surface area contributed by atoms with Crippen LogP contribution in [0, 0.1) is 0 Å². The van der Waals surface area contributed by atoms with Crippen LogP contribution in [0.1, 0.15) is 65.6 Å². The molecule has 55 heavy (non-hydrogen) atoms. The molecule has 0 aliphatic heterocycles. The van der Waals surface area contributed by atoms with E-state index in [1.165, 1.54) is 13.8 Å². The van der Waals surface area contributed by atoms with Crippen LogP contribution in [-0.4, -0.2) is 43.6 Å². The average Bonchev–Trinajstić information content (AvgIpc) is 3.22. The van der Waals surface area contributed by atoms with Crippen molar-refractivity contribution in [1.29, 1.82) is 0 Å². The summed E-state index contributed by atoms with van der Waals surface area (Å²) in [6.45, 7) is 2.97. The van der Waals surface area contributed by atoms with Crippen molar-refractivity contribution in [2.45, 2.75) is 13.8 Å². The summed E-state index contributed by atoms with van der Waals surface area (Å²) in [5.41, 5.74) is 5.96. The van der Waals surface area contributed by atoms with E-state index in [0.717, 1.165) is 22.5 Å². The highest BCUT2D eigenvalue weighted by Gasteiger charge is 2.12. The second-order valence-corrected chi connectivity index (χ2v) is 12.1. The van der Waals surface area contributed by atoms with Crippen LogP contribution < -0.4 is 24.8 Å². The smallest absolute Gasteiger partial charge is 0.343 e. The van der Waals surface area contributed by atoms with Gasteiger partial charge in [0.15, 0.2) is 11.6 Å². The number of benzene rings is 6. The highest BCUT2D eigenvalue weighted by atomic mass is 16.5. The number of hydrogen-bond donors (Lipinski definition) is 2. The molecule has 6 rings (SSSR count). The molecule has 0 aliphatic carbocycles. The highest BCUT2D eigenvalue weighted by molar-refractivity contribution is 6.05. The first kappa shape index (κ1) is 38.9. The number of anilines is 2. The number of Topliss-reactive ketones (excluding diaryl/α,β-unsaturated/α-hetero) is 2. The molecule has 6 aromatic rings. The zero-order valence-corrected chi connectivity index (χ0v) is 30.6. The van der Waals surface area contributed by atoms with Crippen LogP contribution in [0.5, 0.6) is 17.2 Å². The summed E-state index contributed by atoms with van der Waals surface area (Å²) in [6.07, 6.45) is 0. The molecule has 0 fully saturated rings. The van der Waals surface area contributed by atoms with Crippen molar-refractivity contribution in [2.75, 3.05) is 24.8 Å². The Labute approximate surface area is 318 Å². The summed E-state index contributed by atoms with van der Waals surface area (Å²) in [5.74, 6) is 0.254. The highest BCUT2D eigenvalue weighted by Crippen LogP contribution is 2.26. The van der Waals surface area contributed by atoms with E-state index >= 15 is 0 Å². The van der Waals surface area contributed by atoms with Crippen molar-refractivity contribution >= 4 is 40.8 Å². The molecule has 0 atom stereocenters. The molecular formula is C45H38N2O8. The van der Waals surface area contributed by atoms with E-state index in [2.05, 4.69) is 10.6 Å². The molecule has 0 aromatic heterocycles. The SMILES string of the molecule is CNc1ccc(NC(=O)c2ccc(C(C)=O)cc2)cc1.COc1ccc(C(=O)Oc2ccc(-c3ccc(OC(=O)c4ccc(C(C)=O)cc4)cc3)cc2)cc1. The fourth-order valence-corrected chi connectivity index (χ4v) is 5.11. The number of nitrogens with one attached hydrogen (secondary N) is 2. The van der Waals surface area contributed by atoms with Gasteiger partial charge in [-0.3, -0.25) is 14.4 Å². The largest absolute Gasteiger partial charge is 0.497 e. The van der Waals surface area contributed by atoms with E-state index in [0.29, 0.717) is 45.1 Å². The lowest BCUT2D eigenvalue weighted by Crippen LogP contribution is -2.12. The third kappa shape index (κ3) is 10.8. The van der Waals surface area contributed by atoms with Crippen molar-refractivity contribution in [3.8, 4) is 28.4 Å². The van der Waals surface area contributed by atoms with Crippen molar-refractivity contribution in [3.63, 3.8) is 0 Å². The van der Waals surface area contributed by atoms with Crippen LogP contribution in [-0.2, 0) is 0 Å². The maximum atomic E-state index is 12.4. The first-order valence-corrected chi connectivity index (χ1v) is 17.1. The molecule has 0 spiro atoms. The Hall–Kier alpha value is -7.33. The monoisotopic (exact) mass is 734 g/mol. The number of ether oxygens (including phenoxy) is 3. The zero-order chi connectivity index (χ0) is 39.3. The molecule has 0 saturated carbocycles. The zero-order valence-electron chi connectivity index (χ0n) is 30.6. The van der Waals surface area contributed by atoms with E-state index in [9.17, 15) is 24.0 Å². The number of hydrogen-bond acceptors (Lipinski definition) is 9. The van der Waals surface area contributed by atoms with E-state index < -0.39 is 11.9 Å². The molecule has 10 nitrogen and oxygen atoms in total. The second kappa shape index (κ2) is 18.4. The van der Waals surface area contributed by atoms with Crippen LogP contribution in [0.2, 0.25) is 0 Å². The van der Waals surface area contributed by atoms with E-state index in [4.69, 9.17) is 14.2 Å². The third-order valence-electron chi connectivity index (χ3n) is 8.30. The lowest BCUT2D eigenvalue weighted by Gasteiger charge is -2.08. The van der Waals surface area contributed by atoms with Crippen LogP contribution in [0.15, 0.2) is 146 Å². The molecule has 6 aromatic carbocycles. The van der Waals surface area contributed by atoms with Gasteiger partial charge in [0.25, 0.3) is 5.91 Å². The number of carbonyl (C=O) groups excluding carboxylic acids is 5. The van der Waals surface area contributed by atoms with Crippen LogP contribution in [0.3, 0.4) is 0 Å². The molecule has 0 saturated heterocycles. The minimum absolute atomic E-state index is 0.0142. The lowest BCUT2D eigenvalue weighted by molar-refractivity contribution is 0.0725. The first-order valence-electron chi connectivity index (χ1n) is 17.1. The normalized spacial score (nSPS) is 10.2. The molecule has 0 unspecified atom stereocenters. The maximum absolute atomic E-state index is 12.4.